The monoisotopic (exact) mass is 209 g/mol. The van der Waals surface area contributed by atoms with Crippen molar-refractivity contribution in [1.82, 2.24) is 10.2 Å². The average molecular weight is 209 g/mol. The number of nitriles is 2. The first kappa shape index (κ1) is 9.75. The first-order valence-corrected chi connectivity index (χ1v) is 4.53. The van der Waals surface area contributed by atoms with Gasteiger partial charge in [-0.25, -0.2) is 0 Å². The summed E-state index contributed by atoms with van der Waals surface area (Å²) in [6, 6.07) is 9.13. The summed E-state index contributed by atoms with van der Waals surface area (Å²) in [7, 11) is 0. The van der Waals surface area contributed by atoms with Crippen LogP contribution in [0.1, 0.15) is 0 Å². The lowest BCUT2D eigenvalue weighted by Gasteiger charge is -1.99. The second-order valence-electron chi connectivity index (χ2n) is 3.10. The van der Waals surface area contributed by atoms with Crippen LogP contribution in [0, 0.1) is 22.7 Å². The number of hydrogen-bond donors (Lipinski definition) is 2. The minimum atomic E-state index is 0.0345. The Kier molecular flexibility index (Phi) is 2.53. The summed E-state index contributed by atoms with van der Waals surface area (Å²) in [6.45, 7) is 0. The number of allylic oxidation sites excluding steroid dienone is 1. The fourth-order valence-electron chi connectivity index (χ4n) is 1.28. The molecule has 16 heavy (non-hydrogen) atoms. The topological polar surface area (TPSA) is 88.3 Å². The lowest BCUT2D eigenvalue weighted by Crippen LogP contribution is -1.89. The molecule has 0 saturated heterocycles. The Labute approximate surface area is 91.6 Å². The van der Waals surface area contributed by atoms with E-state index in [9.17, 15) is 0 Å². The summed E-state index contributed by atoms with van der Waals surface area (Å²) in [5, 5.41) is 27.7. The molecule has 0 amide bonds. The fraction of sp³-hybridized carbons (Fsp3) is 0. The van der Waals surface area contributed by atoms with Crippen LogP contribution < -0.4 is 5.32 Å². The number of H-pyrrole nitrogens is 1. The molecule has 0 radical (unpaired) electrons. The number of anilines is 1. The van der Waals surface area contributed by atoms with Gasteiger partial charge in [-0.1, -0.05) is 0 Å². The van der Waals surface area contributed by atoms with Gasteiger partial charge in [0.1, 0.15) is 17.7 Å². The number of hydrogen-bond acceptors (Lipinski definition) is 4. The van der Waals surface area contributed by atoms with E-state index < -0.39 is 0 Å². The zero-order chi connectivity index (χ0) is 11.4. The minimum absolute atomic E-state index is 0.0345. The van der Waals surface area contributed by atoms with E-state index in [1.165, 1.54) is 6.20 Å². The van der Waals surface area contributed by atoms with Crippen LogP contribution in [0.2, 0.25) is 0 Å². The molecule has 1 aromatic carbocycles. The molecule has 0 bridgehead atoms. The molecule has 0 atom stereocenters. The van der Waals surface area contributed by atoms with Gasteiger partial charge >= 0.3 is 0 Å². The van der Waals surface area contributed by atoms with Crippen LogP contribution in [-0.2, 0) is 0 Å². The number of aromatic amines is 1. The van der Waals surface area contributed by atoms with Gasteiger partial charge in [-0.2, -0.15) is 15.6 Å². The summed E-state index contributed by atoms with van der Waals surface area (Å²) in [6.07, 6.45) is 3.08. The van der Waals surface area contributed by atoms with Gasteiger partial charge in [0.15, 0.2) is 0 Å². The second-order valence-corrected chi connectivity index (χ2v) is 3.10. The molecule has 2 aromatic rings. The van der Waals surface area contributed by atoms with Gasteiger partial charge in [0.05, 0.1) is 11.7 Å². The Morgan fingerprint density at radius 1 is 1.38 bits per heavy atom. The maximum atomic E-state index is 8.55. The van der Waals surface area contributed by atoms with E-state index in [4.69, 9.17) is 10.5 Å². The zero-order valence-corrected chi connectivity index (χ0v) is 8.23. The molecular weight excluding hydrogens is 202 g/mol. The molecular formula is C11H7N5. The van der Waals surface area contributed by atoms with Gasteiger partial charge in [0.2, 0.25) is 0 Å². The molecule has 1 heterocycles. The molecule has 5 nitrogen and oxygen atoms in total. The Morgan fingerprint density at radius 3 is 2.94 bits per heavy atom. The molecule has 0 fully saturated rings. The predicted molar refractivity (Wildman–Crippen MR) is 59.0 cm³/mol. The Balaban J connectivity index is 2.26. The van der Waals surface area contributed by atoms with Gasteiger partial charge in [0, 0.05) is 17.3 Å². The van der Waals surface area contributed by atoms with E-state index in [0.29, 0.717) is 0 Å². The van der Waals surface area contributed by atoms with Crippen molar-refractivity contribution in [1.29, 1.82) is 10.5 Å². The van der Waals surface area contributed by atoms with Crippen molar-refractivity contribution in [2.24, 2.45) is 0 Å². The Bertz CT molecular complexity index is 608. The SMILES string of the molecule is N#CC(C#N)=CNc1ccc2[nH]ncc2c1. The largest absolute Gasteiger partial charge is 0.360 e. The molecule has 0 aliphatic rings. The normalized spacial score (nSPS) is 9.12. The first-order chi connectivity index (χ1) is 7.83. The maximum Gasteiger partial charge on any atom is 0.145 e. The lowest BCUT2D eigenvalue weighted by molar-refractivity contribution is 1.12. The number of benzene rings is 1. The van der Waals surface area contributed by atoms with E-state index in [2.05, 4.69) is 15.5 Å². The van der Waals surface area contributed by atoms with Gasteiger partial charge in [-0.15, -0.1) is 0 Å². The van der Waals surface area contributed by atoms with Crippen molar-refractivity contribution in [3.05, 3.63) is 36.2 Å². The third-order valence-corrected chi connectivity index (χ3v) is 2.06. The van der Waals surface area contributed by atoms with E-state index in [0.717, 1.165) is 16.6 Å². The van der Waals surface area contributed by atoms with Crippen molar-refractivity contribution < 1.29 is 0 Å². The molecule has 2 rings (SSSR count). The van der Waals surface area contributed by atoms with Crippen molar-refractivity contribution in [3.63, 3.8) is 0 Å². The van der Waals surface area contributed by atoms with Crippen molar-refractivity contribution in [3.8, 4) is 12.1 Å². The first-order valence-electron chi connectivity index (χ1n) is 4.53. The van der Waals surface area contributed by atoms with Gasteiger partial charge in [-0.3, -0.25) is 5.10 Å². The molecule has 0 aliphatic heterocycles. The summed E-state index contributed by atoms with van der Waals surface area (Å²) in [5.41, 5.74) is 1.78. The Hall–Kier alpha value is -2.79. The van der Waals surface area contributed by atoms with Crippen molar-refractivity contribution in [2.75, 3.05) is 5.32 Å². The maximum absolute atomic E-state index is 8.55. The van der Waals surface area contributed by atoms with Crippen LogP contribution in [0.4, 0.5) is 5.69 Å². The van der Waals surface area contributed by atoms with Crippen LogP contribution in [0.5, 0.6) is 0 Å². The molecule has 0 saturated carbocycles. The average Bonchev–Trinajstić information content (AvgIpc) is 2.77. The smallest absolute Gasteiger partial charge is 0.145 e. The van der Waals surface area contributed by atoms with Gasteiger partial charge in [-0.05, 0) is 18.2 Å². The van der Waals surface area contributed by atoms with Crippen LogP contribution in [0.25, 0.3) is 10.9 Å². The van der Waals surface area contributed by atoms with E-state index in [-0.39, 0.29) is 5.57 Å². The molecule has 0 unspecified atom stereocenters. The highest BCUT2D eigenvalue weighted by Gasteiger charge is 1.97. The number of aromatic nitrogens is 2. The van der Waals surface area contributed by atoms with Crippen LogP contribution in [0.3, 0.4) is 0 Å². The van der Waals surface area contributed by atoms with Crippen LogP contribution in [0.15, 0.2) is 36.2 Å². The Morgan fingerprint density at radius 2 is 2.19 bits per heavy atom. The second kappa shape index (κ2) is 4.16. The minimum Gasteiger partial charge on any atom is -0.360 e. The van der Waals surface area contributed by atoms with E-state index in [1.807, 2.05) is 18.2 Å². The summed E-state index contributed by atoms with van der Waals surface area (Å²) >= 11 is 0. The van der Waals surface area contributed by atoms with Crippen LogP contribution in [-0.4, -0.2) is 10.2 Å². The number of fused-ring (bicyclic) bond motifs is 1. The standard InChI is InChI=1S/C11H7N5/c12-4-8(5-13)6-14-10-1-2-11-9(3-10)7-15-16-11/h1-3,6-7,14H,(H,15,16). The third kappa shape index (κ3) is 1.84. The van der Waals surface area contributed by atoms with Gasteiger partial charge in [0.25, 0.3) is 0 Å². The van der Waals surface area contributed by atoms with E-state index in [1.54, 1.807) is 18.3 Å². The molecule has 76 valence electrons. The van der Waals surface area contributed by atoms with Crippen LogP contribution >= 0.6 is 0 Å². The molecule has 0 aliphatic carbocycles. The van der Waals surface area contributed by atoms with E-state index >= 15 is 0 Å². The quantitative estimate of drug-likeness (QED) is 0.739. The summed E-state index contributed by atoms with van der Waals surface area (Å²) < 4.78 is 0. The highest BCUT2D eigenvalue weighted by atomic mass is 15.1. The molecule has 0 spiro atoms. The fourth-order valence-corrected chi connectivity index (χ4v) is 1.28. The van der Waals surface area contributed by atoms with Gasteiger partial charge < -0.3 is 5.32 Å². The lowest BCUT2D eigenvalue weighted by atomic mass is 10.2. The van der Waals surface area contributed by atoms with Crippen molar-refractivity contribution >= 4 is 16.6 Å². The van der Waals surface area contributed by atoms with Crippen molar-refractivity contribution in [2.45, 2.75) is 0 Å². The number of nitrogens with one attached hydrogen (secondary N) is 2. The summed E-state index contributed by atoms with van der Waals surface area (Å²) in [4.78, 5) is 0. The molecule has 2 N–H and O–H groups in total. The summed E-state index contributed by atoms with van der Waals surface area (Å²) in [5.74, 6) is 0. The number of nitrogens with zero attached hydrogens (tertiary/aromatic N) is 3. The highest BCUT2D eigenvalue weighted by Crippen LogP contribution is 2.16. The molecule has 5 heteroatoms. The third-order valence-electron chi connectivity index (χ3n) is 2.06. The zero-order valence-electron chi connectivity index (χ0n) is 8.23. The number of rotatable bonds is 2. The molecule has 1 aromatic heterocycles. The predicted octanol–water partition coefficient (Wildman–Crippen LogP) is 1.91. The highest BCUT2D eigenvalue weighted by molar-refractivity contribution is 5.81.